The SMILES string of the molecule is CC(C)C(C)(C(=O)O)C(C)(C(=O)O)C(C)C. The molecule has 0 heterocycles. The van der Waals surface area contributed by atoms with Gasteiger partial charge < -0.3 is 10.2 Å². The minimum Gasteiger partial charge on any atom is -0.481 e. The highest BCUT2D eigenvalue weighted by molar-refractivity contribution is 5.86. The molecule has 2 atom stereocenters. The quantitative estimate of drug-likeness (QED) is 0.760. The summed E-state index contributed by atoms with van der Waals surface area (Å²) in [5.74, 6) is -2.62. The minimum atomic E-state index is -1.28. The van der Waals surface area contributed by atoms with Crippen molar-refractivity contribution in [3.8, 4) is 0 Å². The van der Waals surface area contributed by atoms with Gasteiger partial charge in [0, 0.05) is 0 Å². The van der Waals surface area contributed by atoms with Crippen LogP contribution in [0.3, 0.4) is 0 Å². The van der Waals surface area contributed by atoms with E-state index in [1.165, 1.54) is 13.8 Å². The fraction of sp³-hybridized carbons (Fsp3) is 0.833. The monoisotopic (exact) mass is 230 g/mol. The first kappa shape index (κ1) is 14.9. The van der Waals surface area contributed by atoms with Crippen molar-refractivity contribution < 1.29 is 19.8 Å². The van der Waals surface area contributed by atoms with Gasteiger partial charge in [-0.05, 0) is 25.7 Å². The summed E-state index contributed by atoms with van der Waals surface area (Å²) in [5.41, 5.74) is -2.57. The van der Waals surface area contributed by atoms with Crippen LogP contribution in [0, 0.1) is 22.7 Å². The van der Waals surface area contributed by atoms with Crippen molar-refractivity contribution in [2.75, 3.05) is 0 Å². The highest BCUT2D eigenvalue weighted by atomic mass is 16.4. The van der Waals surface area contributed by atoms with Gasteiger partial charge in [0.05, 0.1) is 10.8 Å². The highest BCUT2D eigenvalue weighted by Gasteiger charge is 2.58. The van der Waals surface area contributed by atoms with Crippen molar-refractivity contribution in [2.24, 2.45) is 22.7 Å². The van der Waals surface area contributed by atoms with Crippen LogP contribution in [0.4, 0.5) is 0 Å². The van der Waals surface area contributed by atoms with Crippen molar-refractivity contribution in [1.29, 1.82) is 0 Å². The standard InChI is InChI=1S/C12H22O4/c1-7(2)11(5,9(13)14)12(6,8(3)4)10(15)16/h7-8H,1-6H3,(H,13,14)(H,15,16). The molecule has 4 heteroatoms. The lowest BCUT2D eigenvalue weighted by molar-refractivity contribution is -0.180. The summed E-state index contributed by atoms with van der Waals surface area (Å²) >= 11 is 0. The van der Waals surface area contributed by atoms with E-state index in [9.17, 15) is 19.8 Å². The van der Waals surface area contributed by atoms with Crippen LogP contribution in [0.5, 0.6) is 0 Å². The predicted octanol–water partition coefficient (Wildman–Crippen LogP) is 2.48. The summed E-state index contributed by atoms with van der Waals surface area (Å²) in [5, 5.41) is 18.7. The van der Waals surface area contributed by atoms with Gasteiger partial charge in [0.2, 0.25) is 0 Å². The van der Waals surface area contributed by atoms with E-state index in [2.05, 4.69) is 0 Å². The van der Waals surface area contributed by atoms with Crippen molar-refractivity contribution in [1.82, 2.24) is 0 Å². The Labute approximate surface area is 96.7 Å². The molecule has 0 aromatic rings. The van der Waals surface area contributed by atoms with Crippen LogP contribution in [-0.2, 0) is 9.59 Å². The summed E-state index contributed by atoms with van der Waals surface area (Å²) in [6, 6.07) is 0. The number of hydrogen-bond acceptors (Lipinski definition) is 2. The normalized spacial score (nSPS) is 19.2. The first-order valence-electron chi connectivity index (χ1n) is 5.49. The average Bonchev–Trinajstić information content (AvgIpc) is 2.13. The Morgan fingerprint density at radius 2 is 1.00 bits per heavy atom. The third kappa shape index (κ3) is 1.81. The van der Waals surface area contributed by atoms with Gasteiger partial charge in [-0.2, -0.15) is 0 Å². The summed E-state index contributed by atoms with van der Waals surface area (Å²) in [6.45, 7) is 10.0. The lowest BCUT2D eigenvalue weighted by Gasteiger charge is -2.45. The Bertz CT molecular complexity index is 265. The zero-order valence-electron chi connectivity index (χ0n) is 10.9. The maximum absolute atomic E-state index is 11.5. The topological polar surface area (TPSA) is 74.6 Å². The lowest BCUT2D eigenvalue weighted by Crippen LogP contribution is -2.54. The molecule has 16 heavy (non-hydrogen) atoms. The molecule has 0 amide bonds. The fourth-order valence-electron chi connectivity index (χ4n) is 2.14. The van der Waals surface area contributed by atoms with Gasteiger partial charge in [-0.25, -0.2) is 0 Å². The maximum atomic E-state index is 11.5. The molecule has 0 aliphatic carbocycles. The summed E-state index contributed by atoms with van der Waals surface area (Å²) in [6.07, 6.45) is 0. The number of carboxylic acid groups (broad SMARTS) is 2. The van der Waals surface area contributed by atoms with Crippen molar-refractivity contribution in [3.05, 3.63) is 0 Å². The molecule has 0 aromatic heterocycles. The molecule has 2 N–H and O–H groups in total. The molecule has 0 aromatic carbocycles. The van der Waals surface area contributed by atoms with Crippen molar-refractivity contribution in [2.45, 2.75) is 41.5 Å². The van der Waals surface area contributed by atoms with E-state index in [1.54, 1.807) is 27.7 Å². The number of hydrogen-bond donors (Lipinski definition) is 2. The predicted molar refractivity (Wildman–Crippen MR) is 61.2 cm³/mol. The molecule has 0 bridgehead atoms. The zero-order chi connectivity index (χ0) is 13.3. The van der Waals surface area contributed by atoms with Crippen LogP contribution in [0.2, 0.25) is 0 Å². The smallest absolute Gasteiger partial charge is 0.310 e. The first-order valence-corrected chi connectivity index (χ1v) is 5.49. The molecule has 0 aliphatic rings. The van der Waals surface area contributed by atoms with E-state index in [0.29, 0.717) is 0 Å². The largest absolute Gasteiger partial charge is 0.481 e. The van der Waals surface area contributed by atoms with E-state index in [4.69, 9.17) is 0 Å². The first-order chi connectivity index (χ1) is 7.02. The van der Waals surface area contributed by atoms with Gasteiger partial charge in [-0.15, -0.1) is 0 Å². The molecule has 94 valence electrons. The second-order valence-electron chi connectivity index (χ2n) is 5.32. The minimum absolute atomic E-state index is 0.256. The third-order valence-corrected chi connectivity index (χ3v) is 4.28. The van der Waals surface area contributed by atoms with Crippen LogP contribution in [0.25, 0.3) is 0 Å². The van der Waals surface area contributed by atoms with E-state index in [0.717, 1.165) is 0 Å². The Morgan fingerprint density at radius 3 is 1.06 bits per heavy atom. The Morgan fingerprint density at radius 1 is 0.812 bits per heavy atom. The van der Waals surface area contributed by atoms with Crippen LogP contribution in [0.15, 0.2) is 0 Å². The highest BCUT2D eigenvalue weighted by Crippen LogP contribution is 2.50. The molecule has 0 aliphatic heterocycles. The van der Waals surface area contributed by atoms with Crippen LogP contribution < -0.4 is 0 Å². The lowest BCUT2D eigenvalue weighted by atomic mass is 9.55. The number of aliphatic carboxylic acids is 2. The molecule has 4 nitrogen and oxygen atoms in total. The molecule has 0 saturated heterocycles. The second-order valence-corrected chi connectivity index (χ2v) is 5.32. The third-order valence-electron chi connectivity index (χ3n) is 4.28. The average molecular weight is 230 g/mol. The zero-order valence-corrected chi connectivity index (χ0v) is 10.9. The van der Waals surface area contributed by atoms with Gasteiger partial charge >= 0.3 is 11.9 Å². The molecule has 0 fully saturated rings. The Balaban J connectivity index is 5.84. The van der Waals surface area contributed by atoms with Crippen LogP contribution >= 0.6 is 0 Å². The molecular formula is C12H22O4. The number of carbonyl (C=O) groups is 2. The van der Waals surface area contributed by atoms with Crippen LogP contribution in [-0.4, -0.2) is 22.2 Å². The van der Waals surface area contributed by atoms with E-state index in [1.807, 2.05) is 0 Å². The summed E-state index contributed by atoms with van der Waals surface area (Å²) in [7, 11) is 0. The maximum Gasteiger partial charge on any atom is 0.310 e. The molecule has 0 radical (unpaired) electrons. The molecule has 0 saturated carbocycles. The van der Waals surface area contributed by atoms with Gasteiger partial charge in [0.25, 0.3) is 0 Å². The van der Waals surface area contributed by atoms with E-state index < -0.39 is 22.8 Å². The summed E-state index contributed by atoms with van der Waals surface area (Å²) < 4.78 is 0. The molecule has 0 rings (SSSR count). The second kappa shape index (κ2) is 4.44. The van der Waals surface area contributed by atoms with E-state index in [-0.39, 0.29) is 11.8 Å². The van der Waals surface area contributed by atoms with Gasteiger partial charge in [0.15, 0.2) is 0 Å². The van der Waals surface area contributed by atoms with Crippen molar-refractivity contribution >= 4 is 11.9 Å². The number of rotatable bonds is 5. The summed E-state index contributed by atoms with van der Waals surface area (Å²) in [4.78, 5) is 22.9. The van der Waals surface area contributed by atoms with Gasteiger partial charge in [-0.3, -0.25) is 9.59 Å². The van der Waals surface area contributed by atoms with Gasteiger partial charge in [-0.1, -0.05) is 27.7 Å². The number of carboxylic acids is 2. The van der Waals surface area contributed by atoms with Gasteiger partial charge in [0.1, 0.15) is 0 Å². The van der Waals surface area contributed by atoms with Crippen LogP contribution in [0.1, 0.15) is 41.5 Å². The van der Waals surface area contributed by atoms with Crippen molar-refractivity contribution in [3.63, 3.8) is 0 Å². The Hall–Kier alpha value is -1.06. The molecular weight excluding hydrogens is 208 g/mol. The Kier molecular flexibility index (Phi) is 4.14. The molecule has 2 unspecified atom stereocenters. The fourth-order valence-corrected chi connectivity index (χ4v) is 2.14. The molecule has 0 spiro atoms. The van der Waals surface area contributed by atoms with E-state index >= 15 is 0 Å².